The maximum atomic E-state index is 5.94. The molecule has 92 valence electrons. The first kappa shape index (κ1) is 13.3. The predicted molar refractivity (Wildman–Crippen MR) is 84.8 cm³/mol. The smallest absolute Gasteiger partial charge is 0.106 e. The van der Waals surface area contributed by atoms with Crippen molar-refractivity contribution in [1.82, 2.24) is 0 Å². The van der Waals surface area contributed by atoms with Gasteiger partial charge in [0.05, 0.1) is 5.69 Å². The van der Waals surface area contributed by atoms with Crippen molar-refractivity contribution in [2.75, 3.05) is 5.32 Å². The summed E-state index contributed by atoms with van der Waals surface area (Å²) in [4.78, 5) is 0.312. The lowest BCUT2D eigenvalue weighted by molar-refractivity contribution is 1.50. The molecule has 0 bridgehead atoms. The number of para-hydroxylation sites is 1. The molecule has 0 aliphatic heterocycles. The molecule has 0 spiro atoms. The zero-order valence-electron chi connectivity index (χ0n) is 9.28. The number of hydrogen-bond acceptors (Lipinski definition) is 2. The summed E-state index contributed by atoms with van der Waals surface area (Å²) >= 11 is 14.4. The van der Waals surface area contributed by atoms with Gasteiger partial charge in [-0.05, 0) is 46.3 Å². The third-order valence-corrected chi connectivity index (χ3v) is 3.54. The summed E-state index contributed by atoms with van der Waals surface area (Å²) in [6.45, 7) is 0. The van der Waals surface area contributed by atoms with Crippen LogP contribution >= 0.6 is 39.7 Å². The van der Waals surface area contributed by atoms with E-state index in [1.54, 1.807) is 12.1 Å². The minimum atomic E-state index is 0.312. The van der Waals surface area contributed by atoms with E-state index in [1.165, 1.54) is 0 Å². The van der Waals surface area contributed by atoms with Crippen LogP contribution in [0.1, 0.15) is 5.56 Å². The summed E-state index contributed by atoms with van der Waals surface area (Å²) in [7, 11) is 0. The van der Waals surface area contributed by atoms with Crippen LogP contribution in [-0.2, 0) is 0 Å². The molecule has 2 rings (SSSR count). The number of nitrogens with one attached hydrogen (secondary N) is 1. The number of halogens is 2. The molecule has 18 heavy (non-hydrogen) atoms. The molecular formula is C13H10BrClN2S. The average Bonchev–Trinajstić information content (AvgIpc) is 2.34. The van der Waals surface area contributed by atoms with Gasteiger partial charge in [0.1, 0.15) is 4.99 Å². The van der Waals surface area contributed by atoms with Crippen LogP contribution in [0.2, 0.25) is 5.02 Å². The fourth-order valence-corrected chi connectivity index (χ4v) is 2.26. The Hall–Kier alpha value is -1.10. The minimum absolute atomic E-state index is 0.312. The highest BCUT2D eigenvalue weighted by atomic mass is 79.9. The van der Waals surface area contributed by atoms with E-state index in [1.807, 2.05) is 30.3 Å². The first-order chi connectivity index (χ1) is 8.58. The Morgan fingerprint density at radius 2 is 1.89 bits per heavy atom. The van der Waals surface area contributed by atoms with Crippen LogP contribution in [0.4, 0.5) is 11.4 Å². The molecule has 0 amide bonds. The summed E-state index contributed by atoms with van der Waals surface area (Å²) in [5.74, 6) is 0. The van der Waals surface area contributed by atoms with Gasteiger partial charge in [0, 0.05) is 20.7 Å². The lowest BCUT2D eigenvalue weighted by Crippen LogP contribution is -2.12. The molecule has 0 fully saturated rings. The average molecular weight is 342 g/mol. The Bertz CT molecular complexity index is 601. The molecule has 2 aromatic rings. The molecule has 0 saturated carbocycles. The maximum absolute atomic E-state index is 5.94. The Morgan fingerprint density at radius 3 is 2.56 bits per heavy atom. The summed E-state index contributed by atoms with van der Waals surface area (Å²) in [6, 6.07) is 13.2. The van der Waals surface area contributed by atoms with Crippen molar-refractivity contribution in [2.45, 2.75) is 0 Å². The van der Waals surface area contributed by atoms with E-state index in [0.29, 0.717) is 10.0 Å². The van der Waals surface area contributed by atoms with Gasteiger partial charge < -0.3 is 11.1 Å². The largest absolute Gasteiger partial charge is 0.389 e. The summed E-state index contributed by atoms with van der Waals surface area (Å²) < 4.78 is 0.967. The fraction of sp³-hybridized carbons (Fsp3) is 0. The third-order valence-electron chi connectivity index (χ3n) is 2.39. The summed E-state index contributed by atoms with van der Waals surface area (Å²) in [6.07, 6.45) is 0. The highest BCUT2D eigenvalue weighted by Crippen LogP contribution is 2.28. The standard InChI is InChI=1S/C13H10BrClN2S/c14-10-3-1-2-4-12(10)17-11-6-5-8(15)7-9(11)13(16)18/h1-7,17H,(H2,16,18). The second-order valence-corrected chi connectivity index (χ2v) is 5.39. The van der Waals surface area contributed by atoms with Crippen molar-refractivity contribution in [3.8, 4) is 0 Å². The highest BCUT2D eigenvalue weighted by molar-refractivity contribution is 9.10. The van der Waals surface area contributed by atoms with E-state index in [0.717, 1.165) is 21.4 Å². The first-order valence-electron chi connectivity index (χ1n) is 5.19. The third kappa shape index (κ3) is 3.02. The van der Waals surface area contributed by atoms with Crippen molar-refractivity contribution in [1.29, 1.82) is 0 Å². The van der Waals surface area contributed by atoms with Crippen LogP contribution in [0.3, 0.4) is 0 Å². The molecule has 0 saturated heterocycles. The van der Waals surface area contributed by atoms with Crippen molar-refractivity contribution >= 4 is 56.1 Å². The van der Waals surface area contributed by atoms with Crippen molar-refractivity contribution < 1.29 is 0 Å². The van der Waals surface area contributed by atoms with Crippen LogP contribution in [0, 0.1) is 0 Å². The Labute approximate surface area is 124 Å². The van der Waals surface area contributed by atoms with Gasteiger partial charge in [-0.15, -0.1) is 0 Å². The normalized spacial score (nSPS) is 10.1. The maximum Gasteiger partial charge on any atom is 0.106 e. The molecule has 0 aliphatic carbocycles. The molecular weight excluding hydrogens is 332 g/mol. The van der Waals surface area contributed by atoms with Gasteiger partial charge in [-0.1, -0.05) is 36.0 Å². The zero-order valence-corrected chi connectivity index (χ0v) is 12.4. The lowest BCUT2D eigenvalue weighted by Gasteiger charge is -2.12. The highest BCUT2D eigenvalue weighted by Gasteiger charge is 2.07. The van der Waals surface area contributed by atoms with E-state index in [4.69, 9.17) is 29.6 Å². The zero-order chi connectivity index (χ0) is 13.1. The number of hydrogen-bond donors (Lipinski definition) is 2. The lowest BCUT2D eigenvalue weighted by atomic mass is 10.1. The van der Waals surface area contributed by atoms with Gasteiger partial charge in [-0.3, -0.25) is 0 Å². The number of benzene rings is 2. The molecule has 0 unspecified atom stereocenters. The first-order valence-corrected chi connectivity index (χ1v) is 6.77. The molecule has 0 heterocycles. The van der Waals surface area contributed by atoms with Crippen molar-refractivity contribution in [3.05, 3.63) is 57.5 Å². The number of nitrogens with two attached hydrogens (primary N) is 1. The van der Waals surface area contributed by atoms with Crippen LogP contribution in [0.25, 0.3) is 0 Å². The molecule has 0 aromatic heterocycles. The van der Waals surface area contributed by atoms with Gasteiger partial charge in [0.25, 0.3) is 0 Å². The summed E-state index contributed by atoms with van der Waals surface area (Å²) in [5.41, 5.74) is 8.20. The summed E-state index contributed by atoms with van der Waals surface area (Å²) in [5, 5.41) is 3.88. The number of thiocarbonyl (C=S) groups is 1. The van der Waals surface area contributed by atoms with Gasteiger partial charge in [-0.25, -0.2) is 0 Å². The number of anilines is 2. The van der Waals surface area contributed by atoms with Crippen LogP contribution in [-0.4, -0.2) is 4.99 Å². The molecule has 2 aromatic carbocycles. The minimum Gasteiger partial charge on any atom is -0.389 e. The van der Waals surface area contributed by atoms with E-state index >= 15 is 0 Å². The second kappa shape index (κ2) is 5.69. The predicted octanol–water partition coefficient (Wildman–Crippen LogP) is 4.48. The Kier molecular flexibility index (Phi) is 4.22. The van der Waals surface area contributed by atoms with E-state index in [-0.39, 0.29) is 0 Å². The molecule has 3 N–H and O–H groups in total. The Morgan fingerprint density at radius 1 is 1.17 bits per heavy atom. The SMILES string of the molecule is NC(=S)c1cc(Cl)ccc1Nc1ccccc1Br. The van der Waals surface area contributed by atoms with Crippen LogP contribution in [0.5, 0.6) is 0 Å². The second-order valence-electron chi connectivity index (χ2n) is 3.66. The molecule has 0 aliphatic rings. The van der Waals surface area contributed by atoms with E-state index in [9.17, 15) is 0 Å². The van der Waals surface area contributed by atoms with Crippen LogP contribution in [0.15, 0.2) is 46.9 Å². The molecule has 2 nitrogen and oxygen atoms in total. The van der Waals surface area contributed by atoms with Crippen molar-refractivity contribution in [2.24, 2.45) is 5.73 Å². The van der Waals surface area contributed by atoms with Gasteiger partial charge in [0.2, 0.25) is 0 Å². The quantitative estimate of drug-likeness (QED) is 0.808. The Balaban J connectivity index is 2.41. The van der Waals surface area contributed by atoms with E-state index in [2.05, 4.69) is 21.2 Å². The van der Waals surface area contributed by atoms with E-state index < -0.39 is 0 Å². The van der Waals surface area contributed by atoms with Gasteiger partial charge in [0.15, 0.2) is 0 Å². The molecule has 5 heteroatoms. The molecule has 0 atom stereocenters. The topological polar surface area (TPSA) is 38.0 Å². The van der Waals surface area contributed by atoms with Crippen LogP contribution < -0.4 is 11.1 Å². The molecule has 0 radical (unpaired) electrons. The van der Waals surface area contributed by atoms with Gasteiger partial charge in [-0.2, -0.15) is 0 Å². The number of rotatable bonds is 3. The van der Waals surface area contributed by atoms with Gasteiger partial charge >= 0.3 is 0 Å². The fourth-order valence-electron chi connectivity index (χ4n) is 1.54. The van der Waals surface area contributed by atoms with Crippen molar-refractivity contribution in [3.63, 3.8) is 0 Å². The monoisotopic (exact) mass is 340 g/mol.